The third kappa shape index (κ3) is 3.09. The van der Waals surface area contributed by atoms with E-state index in [1.807, 2.05) is 0 Å². The van der Waals surface area contributed by atoms with Gasteiger partial charge < -0.3 is 10.0 Å². The van der Waals surface area contributed by atoms with Crippen molar-refractivity contribution in [1.82, 2.24) is 10.2 Å². The minimum Gasteiger partial charge on any atom is -0.481 e. The summed E-state index contributed by atoms with van der Waals surface area (Å²) in [7, 11) is 0. The van der Waals surface area contributed by atoms with Gasteiger partial charge in [0, 0.05) is 13.1 Å². The molecule has 110 valence electrons. The number of hydrogen-bond acceptors (Lipinski definition) is 6. The summed E-state index contributed by atoms with van der Waals surface area (Å²) in [5, 5.41) is 17.9. The van der Waals surface area contributed by atoms with Crippen molar-refractivity contribution in [3.8, 4) is 0 Å². The Hall–Kier alpha value is -0.820. The first-order valence-electron chi connectivity index (χ1n) is 7.10. The first-order chi connectivity index (χ1) is 9.67. The van der Waals surface area contributed by atoms with Gasteiger partial charge in [0.25, 0.3) is 0 Å². The van der Waals surface area contributed by atoms with E-state index >= 15 is 0 Å². The van der Waals surface area contributed by atoms with Gasteiger partial charge in [0.05, 0.1) is 5.75 Å². The minimum atomic E-state index is -0.812. The summed E-state index contributed by atoms with van der Waals surface area (Å²) < 4.78 is 0.753. The first-order valence-corrected chi connectivity index (χ1v) is 8.90. The summed E-state index contributed by atoms with van der Waals surface area (Å²) in [5.41, 5.74) is 0.613. The molecule has 5 nitrogen and oxygen atoms in total. The van der Waals surface area contributed by atoms with E-state index in [9.17, 15) is 4.79 Å². The Kier molecular flexibility index (Phi) is 4.16. The molecule has 0 aromatic carbocycles. The number of rotatable bonds is 4. The van der Waals surface area contributed by atoms with Gasteiger partial charge in [-0.15, -0.1) is 10.2 Å². The average Bonchev–Trinajstić information content (AvgIpc) is 3.08. The first kappa shape index (κ1) is 14.1. The lowest BCUT2D eigenvalue weighted by Gasteiger charge is -2.39. The maximum atomic E-state index is 10.5. The molecule has 0 radical (unpaired) electrons. The van der Waals surface area contributed by atoms with Gasteiger partial charge in [-0.2, -0.15) is 0 Å². The van der Waals surface area contributed by atoms with Crippen LogP contribution in [0.1, 0.15) is 38.5 Å². The third-order valence-electron chi connectivity index (χ3n) is 4.47. The van der Waals surface area contributed by atoms with E-state index in [1.54, 1.807) is 0 Å². The third-order valence-corrected chi connectivity index (χ3v) is 6.58. The smallest absolute Gasteiger partial charge is 0.313 e. The van der Waals surface area contributed by atoms with Gasteiger partial charge in [0.15, 0.2) is 4.34 Å². The zero-order valence-corrected chi connectivity index (χ0v) is 13.0. The highest BCUT2D eigenvalue weighted by Crippen LogP contribution is 2.46. The molecule has 2 aliphatic rings. The molecule has 20 heavy (non-hydrogen) atoms. The predicted octanol–water partition coefficient (Wildman–Crippen LogP) is 2.88. The molecule has 1 saturated heterocycles. The Balaban J connectivity index is 1.56. The monoisotopic (exact) mass is 313 g/mol. The summed E-state index contributed by atoms with van der Waals surface area (Å²) >= 11 is 2.77. The van der Waals surface area contributed by atoms with Crippen molar-refractivity contribution >= 4 is 34.2 Å². The number of aliphatic carboxylic acids is 1. The number of aromatic nitrogens is 2. The van der Waals surface area contributed by atoms with Crippen LogP contribution in [0, 0.1) is 5.41 Å². The van der Waals surface area contributed by atoms with Crippen molar-refractivity contribution in [3.05, 3.63) is 0 Å². The zero-order valence-electron chi connectivity index (χ0n) is 11.4. The second-order valence-corrected chi connectivity index (χ2v) is 7.91. The van der Waals surface area contributed by atoms with Gasteiger partial charge in [-0.05, 0) is 31.1 Å². The standard InChI is InChI=1S/C13H19N3O2S2/c17-10(18)9-19-12-15-14-11(20-12)16-7-5-13(6-8-16)3-1-2-4-13/h1-9H2,(H,17,18). The summed E-state index contributed by atoms with van der Waals surface area (Å²) in [6.07, 6.45) is 8.13. The number of anilines is 1. The van der Waals surface area contributed by atoms with E-state index in [2.05, 4.69) is 15.1 Å². The molecule has 1 aromatic rings. The van der Waals surface area contributed by atoms with Crippen LogP contribution in [0.2, 0.25) is 0 Å². The van der Waals surface area contributed by atoms with E-state index in [-0.39, 0.29) is 5.75 Å². The van der Waals surface area contributed by atoms with Crippen LogP contribution >= 0.6 is 23.1 Å². The average molecular weight is 313 g/mol. The molecular formula is C13H19N3O2S2. The van der Waals surface area contributed by atoms with Crippen LogP contribution in [-0.4, -0.2) is 40.1 Å². The summed E-state index contributed by atoms with van der Waals surface area (Å²) in [4.78, 5) is 12.9. The van der Waals surface area contributed by atoms with Crippen LogP contribution in [0.3, 0.4) is 0 Å². The summed E-state index contributed by atoms with van der Waals surface area (Å²) in [6.45, 7) is 2.14. The van der Waals surface area contributed by atoms with Crippen molar-refractivity contribution in [1.29, 1.82) is 0 Å². The molecule has 2 fully saturated rings. The number of carboxylic acids is 1. The van der Waals surface area contributed by atoms with Crippen LogP contribution in [0.15, 0.2) is 4.34 Å². The highest BCUT2D eigenvalue weighted by molar-refractivity contribution is 8.01. The fraction of sp³-hybridized carbons (Fsp3) is 0.769. The fourth-order valence-electron chi connectivity index (χ4n) is 3.31. The minimum absolute atomic E-state index is 0.0533. The Bertz CT molecular complexity index is 476. The van der Waals surface area contributed by atoms with Gasteiger partial charge >= 0.3 is 5.97 Å². The van der Waals surface area contributed by atoms with Crippen LogP contribution in [0.25, 0.3) is 0 Å². The number of thioether (sulfide) groups is 1. The summed E-state index contributed by atoms with van der Waals surface area (Å²) in [5.74, 6) is -0.759. The molecule has 1 spiro atoms. The normalized spacial score (nSPS) is 21.5. The largest absolute Gasteiger partial charge is 0.481 e. The molecule has 2 heterocycles. The topological polar surface area (TPSA) is 66.3 Å². The van der Waals surface area contributed by atoms with Crippen LogP contribution < -0.4 is 4.90 Å². The molecule has 0 unspecified atom stereocenters. The molecule has 0 amide bonds. The van der Waals surface area contributed by atoms with Gasteiger partial charge in [0.2, 0.25) is 5.13 Å². The van der Waals surface area contributed by atoms with Crippen molar-refractivity contribution in [2.24, 2.45) is 5.41 Å². The second kappa shape index (κ2) is 5.89. The van der Waals surface area contributed by atoms with Crippen LogP contribution in [-0.2, 0) is 4.79 Å². The Morgan fingerprint density at radius 1 is 1.25 bits per heavy atom. The number of piperidine rings is 1. The van der Waals surface area contributed by atoms with Crippen molar-refractivity contribution in [3.63, 3.8) is 0 Å². The molecule has 1 N–H and O–H groups in total. The maximum absolute atomic E-state index is 10.5. The quantitative estimate of drug-likeness (QED) is 0.862. The van der Waals surface area contributed by atoms with E-state index in [4.69, 9.17) is 5.11 Å². The molecule has 1 aromatic heterocycles. The van der Waals surface area contributed by atoms with Crippen molar-refractivity contribution in [2.45, 2.75) is 42.9 Å². The van der Waals surface area contributed by atoms with Gasteiger partial charge in [-0.3, -0.25) is 4.79 Å². The van der Waals surface area contributed by atoms with Crippen LogP contribution in [0.5, 0.6) is 0 Å². The van der Waals surface area contributed by atoms with E-state index in [1.165, 1.54) is 61.6 Å². The van der Waals surface area contributed by atoms with Gasteiger partial charge in [-0.25, -0.2) is 0 Å². The van der Waals surface area contributed by atoms with E-state index in [0.717, 1.165) is 22.6 Å². The second-order valence-electron chi connectivity index (χ2n) is 5.73. The lowest BCUT2D eigenvalue weighted by Crippen LogP contribution is -2.38. The lowest BCUT2D eigenvalue weighted by atomic mass is 9.77. The Morgan fingerprint density at radius 2 is 1.95 bits per heavy atom. The molecule has 0 bridgehead atoms. The molecule has 0 atom stereocenters. The molecule has 1 aliphatic carbocycles. The molecule has 1 saturated carbocycles. The number of carboxylic acid groups (broad SMARTS) is 1. The van der Waals surface area contributed by atoms with Crippen molar-refractivity contribution < 1.29 is 9.90 Å². The number of hydrogen-bond donors (Lipinski definition) is 1. The highest BCUT2D eigenvalue weighted by atomic mass is 32.2. The van der Waals surface area contributed by atoms with E-state index in [0.29, 0.717) is 5.41 Å². The SMILES string of the molecule is O=C(O)CSc1nnc(N2CCC3(CCCC3)CC2)s1. The molecule has 7 heteroatoms. The Labute approximate surface area is 126 Å². The summed E-state index contributed by atoms with van der Waals surface area (Å²) in [6, 6.07) is 0. The van der Waals surface area contributed by atoms with Crippen LogP contribution in [0.4, 0.5) is 5.13 Å². The maximum Gasteiger partial charge on any atom is 0.313 e. The number of carbonyl (C=O) groups is 1. The molecule has 3 rings (SSSR count). The zero-order chi connectivity index (χ0) is 14.0. The fourth-order valence-corrected chi connectivity index (χ4v) is 4.92. The van der Waals surface area contributed by atoms with E-state index < -0.39 is 5.97 Å². The van der Waals surface area contributed by atoms with Gasteiger partial charge in [-0.1, -0.05) is 35.9 Å². The molecule has 1 aliphatic heterocycles. The lowest BCUT2D eigenvalue weighted by molar-refractivity contribution is -0.133. The molecular weight excluding hydrogens is 294 g/mol. The predicted molar refractivity (Wildman–Crippen MR) is 80.6 cm³/mol. The highest BCUT2D eigenvalue weighted by Gasteiger charge is 2.37. The Morgan fingerprint density at radius 3 is 2.60 bits per heavy atom. The van der Waals surface area contributed by atoms with Crippen molar-refractivity contribution in [2.75, 3.05) is 23.7 Å². The number of nitrogens with zero attached hydrogens (tertiary/aromatic N) is 3. The van der Waals surface area contributed by atoms with Gasteiger partial charge in [0.1, 0.15) is 0 Å².